The molecule has 4 nitrogen and oxygen atoms in total. The van der Waals surface area contributed by atoms with Gasteiger partial charge in [-0.1, -0.05) is 6.92 Å². The third-order valence-corrected chi connectivity index (χ3v) is 3.06. The number of hydrogen-bond donors (Lipinski definition) is 1. The van der Waals surface area contributed by atoms with Gasteiger partial charge in [-0.3, -0.25) is 4.79 Å². The van der Waals surface area contributed by atoms with E-state index in [9.17, 15) is 4.79 Å². The normalized spacial score (nSPS) is 19.4. The van der Waals surface area contributed by atoms with Gasteiger partial charge in [-0.15, -0.1) is 0 Å². The Labute approximate surface area is 97.7 Å². The smallest absolute Gasteiger partial charge is 0.307 e. The van der Waals surface area contributed by atoms with Crippen molar-refractivity contribution in [2.45, 2.75) is 33.1 Å². The molecule has 1 aliphatic rings. The molecule has 0 saturated carbocycles. The number of nitrogens with one attached hydrogen (secondary N) is 1. The molecule has 1 heterocycles. The maximum atomic E-state index is 11.1. The summed E-state index contributed by atoms with van der Waals surface area (Å²) in [6.07, 6.45) is 2.65. The molecule has 0 spiro atoms. The zero-order valence-corrected chi connectivity index (χ0v) is 10.4. The van der Waals surface area contributed by atoms with Crippen molar-refractivity contribution in [3.63, 3.8) is 0 Å². The van der Waals surface area contributed by atoms with Crippen LogP contribution in [-0.4, -0.2) is 38.9 Å². The molecule has 1 aliphatic heterocycles. The summed E-state index contributed by atoms with van der Waals surface area (Å²) < 4.78 is 10.2. The molecule has 0 unspecified atom stereocenters. The summed E-state index contributed by atoms with van der Waals surface area (Å²) in [5.74, 6) is -0.118. The van der Waals surface area contributed by atoms with E-state index in [4.69, 9.17) is 9.47 Å². The Morgan fingerprint density at radius 1 is 1.44 bits per heavy atom. The van der Waals surface area contributed by atoms with Gasteiger partial charge in [0.05, 0.1) is 13.0 Å². The van der Waals surface area contributed by atoms with Gasteiger partial charge in [-0.05, 0) is 25.2 Å². The number of rotatable bonds is 6. The second-order valence-corrected chi connectivity index (χ2v) is 4.65. The SMILES string of the molecule is CCOC(=O)CCNCC1(C)CCOCC1. The van der Waals surface area contributed by atoms with E-state index in [-0.39, 0.29) is 5.97 Å². The van der Waals surface area contributed by atoms with Crippen molar-refractivity contribution in [2.75, 3.05) is 32.9 Å². The lowest BCUT2D eigenvalue weighted by Crippen LogP contribution is -2.37. The second-order valence-electron chi connectivity index (χ2n) is 4.65. The van der Waals surface area contributed by atoms with Crippen molar-refractivity contribution in [1.82, 2.24) is 5.32 Å². The van der Waals surface area contributed by atoms with E-state index in [0.717, 1.165) is 32.6 Å². The van der Waals surface area contributed by atoms with Gasteiger partial charge in [0.25, 0.3) is 0 Å². The molecule has 0 aromatic rings. The Hall–Kier alpha value is -0.610. The molecule has 1 N–H and O–H groups in total. The largest absolute Gasteiger partial charge is 0.466 e. The quantitative estimate of drug-likeness (QED) is 0.551. The van der Waals surface area contributed by atoms with E-state index in [1.807, 2.05) is 6.92 Å². The van der Waals surface area contributed by atoms with Crippen molar-refractivity contribution in [3.05, 3.63) is 0 Å². The van der Waals surface area contributed by atoms with Gasteiger partial charge in [0.15, 0.2) is 0 Å². The van der Waals surface area contributed by atoms with Gasteiger partial charge in [0.2, 0.25) is 0 Å². The third-order valence-electron chi connectivity index (χ3n) is 3.06. The van der Waals surface area contributed by atoms with Crippen LogP contribution in [0.15, 0.2) is 0 Å². The molecule has 0 aliphatic carbocycles. The summed E-state index contributed by atoms with van der Waals surface area (Å²) in [6.45, 7) is 7.94. The van der Waals surface area contributed by atoms with Crippen LogP contribution in [0.4, 0.5) is 0 Å². The van der Waals surface area contributed by atoms with Crippen LogP contribution in [0, 0.1) is 5.41 Å². The second kappa shape index (κ2) is 6.86. The molecule has 1 rings (SSSR count). The Kier molecular flexibility index (Phi) is 5.77. The summed E-state index contributed by atoms with van der Waals surface area (Å²) in [7, 11) is 0. The minimum Gasteiger partial charge on any atom is -0.466 e. The molecular weight excluding hydrogens is 206 g/mol. The minimum atomic E-state index is -0.118. The highest BCUT2D eigenvalue weighted by molar-refractivity contribution is 5.69. The Morgan fingerprint density at radius 3 is 2.75 bits per heavy atom. The maximum Gasteiger partial charge on any atom is 0.307 e. The molecule has 0 aromatic heterocycles. The van der Waals surface area contributed by atoms with Crippen LogP contribution in [0.1, 0.15) is 33.1 Å². The molecule has 0 aromatic carbocycles. The highest BCUT2D eigenvalue weighted by Gasteiger charge is 2.26. The first-order valence-corrected chi connectivity index (χ1v) is 6.10. The van der Waals surface area contributed by atoms with Crippen LogP contribution >= 0.6 is 0 Å². The predicted octanol–water partition coefficient (Wildman–Crippen LogP) is 1.35. The van der Waals surface area contributed by atoms with E-state index >= 15 is 0 Å². The van der Waals surface area contributed by atoms with Crippen LogP contribution in [0.5, 0.6) is 0 Å². The van der Waals surface area contributed by atoms with Crippen LogP contribution in [-0.2, 0) is 14.3 Å². The standard InChI is InChI=1S/C12H23NO3/c1-3-16-11(14)4-7-13-10-12(2)5-8-15-9-6-12/h13H,3-10H2,1-2H3. The molecular formula is C12H23NO3. The van der Waals surface area contributed by atoms with Crippen molar-refractivity contribution in [1.29, 1.82) is 0 Å². The molecule has 0 atom stereocenters. The van der Waals surface area contributed by atoms with Crippen molar-refractivity contribution in [3.8, 4) is 0 Å². The topological polar surface area (TPSA) is 47.6 Å². The number of carbonyl (C=O) groups is 1. The van der Waals surface area contributed by atoms with E-state index in [0.29, 0.717) is 25.0 Å². The number of hydrogen-bond acceptors (Lipinski definition) is 4. The number of esters is 1. The molecule has 94 valence electrons. The summed E-state index contributed by atoms with van der Waals surface area (Å²) in [5.41, 5.74) is 0.326. The molecule has 1 fully saturated rings. The predicted molar refractivity (Wildman–Crippen MR) is 62.3 cm³/mol. The minimum absolute atomic E-state index is 0.118. The Morgan fingerprint density at radius 2 is 2.12 bits per heavy atom. The highest BCUT2D eigenvalue weighted by Crippen LogP contribution is 2.28. The lowest BCUT2D eigenvalue weighted by Gasteiger charge is -2.33. The van der Waals surface area contributed by atoms with E-state index < -0.39 is 0 Å². The average molecular weight is 229 g/mol. The monoisotopic (exact) mass is 229 g/mol. The summed E-state index contributed by atoms with van der Waals surface area (Å²) in [4.78, 5) is 11.1. The number of ether oxygens (including phenoxy) is 2. The molecule has 16 heavy (non-hydrogen) atoms. The van der Waals surface area contributed by atoms with Crippen LogP contribution in [0.3, 0.4) is 0 Å². The van der Waals surface area contributed by atoms with E-state index in [2.05, 4.69) is 12.2 Å². The van der Waals surface area contributed by atoms with Gasteiger partial charge in [-0.25, -0.2) is 0 Å². The number of carbonyl (C=O) groups excluding carboxylic acids is 1. The van der Waals surface area contributed by atoms with Gasteiger partial charge < -0.3 is 14.8 Å². The van der Waals surface area contributed by atoms with Crippen LogP contribution in [0.25, 0.3) is 0 Å². The van der Waals surface area contributed by atoms with E-state index in [1.165, 1.54) is 0 Å². The fourth-order valence-electron chi connectivity index (χ4n) is 1.85. The zero-order chi connectivity index (χ0) is 11.9. The van der Waals surface area contributed by atoms with Gasteiger partial charge in [-0.2, -0.15) is 0 Å². The first-order chi connectivity index (χ1) is 7.66. The van der Waals surface area contributed by atoms with Crippen molar-refractivity contribution < 1.29 is 14.3 Å². The van der Waals surface area contributed by atoms with Crippen molar-refractivity contribution in [2.24, 2.45) is 5.41 Å². The molecule has 0 bridgehead atoms. The summed E-state index contributed by atoms with van der Waals surface area (Å²) in [5, 5.41) is 3.33. The van der Waals surface area contributed by atoms with Gasteiger partial charge in [0, 0.05) is 26.3 Å². The van der Waals surface area contributed by atoms with Gasteiger partial charge >= 0.3 is 5.97 Å². The summed E-state index contributed by atoms with van der Waals surface area (Å²) >= 11 is 0. The maximum absolute atomic E-state index is 11.1. The fourth-order valence-corrected chi connectivity index (χ4v) is 1.85. The van der Waals surface area contributed by atoms with Crippen molar-refractivity contribution >= 4 is 5.97 Å². The molecule has 4 heteroatoms. The first kappa shape index (κ1) is 13.5. The van der Waals surface area contributed by atoms with Crippen LogP contribution in [0.2, 0.25) is 0 Å². The molecule has 1 saturated heterocycles. The molecule has 0 radical (unpaired) electrons. The van der Waals surface area contributed by atoms with Crippen LogP contribution < -0.4 is 5.32 Å². The lowest BCUT2D eigenvalue weighted by molar-refractivity contribution is -0.143. The van der Waals surface area contributed by atoms with E-state index in [1.54, 1.807) is 0 Å². The highest BCUT2D eigenvalue weighted by atomic mass is 16.5. The van der Waals surface area contributed by atoms with Gasteiger partial charge in [0.1, 0.15) is 0 Å². The Balaban J connectivity index is 2.07. The average Bonchev–Trinajstić information content (AvgIpc) is 2.26. The zero-order valence-electron chi connectivity index (χ0n) is 10.4. The fraction of sp³-hybridized carbons (Fsp3) is 0.917. The molecule has 0 amide bonds. The summed E-state index contributed by atoms with van der Waals surface area (Å²) in [6, 6.07) is 0. The first-order valence-electron chi connectivity index (χ1n) is 6.10. The lowest BCUT2D eigenvalue weighted by atomic mass is 9.82. The Bertz CT molecular complexity index is 212. The third kappa shape index (κ3) is 4.94.